The van der Waals surface area contributed by atoms with E-state index in [1.165, 1.54) is 24.3 Å². The zero-order valence-electron chi connectivity index (χ0n) is 17.8. The van der Waals surface area contributed by atoms with Gasteiger partial charge in [-0.2, -0.15) is 24.4 Å². The molecule has 3 amide bonds. The molecule has 13 nitrogen and oxygen atoms in total. The van der Waals surface area contributed by atoms with Gasteiger partial charge in [-0.3, -0.25) is 19.2 Å². The highest BCUT2D eigenvalue weighted by molar-refractivity contribution is 7.98. The number of amides is 3. The Morgan fingerprint density at radius 1 is 1.09 bits per heavy atom. The molecule has 1 aromatic rings. The van der Waals surface area contributed by atoms with E-state index in [2.05, 4.69) is 38.5 Å². The Labute approximate surface area is 199 Å². The van der Waals surface area contributed by atoms with Gasteiger partial charge < -0.3 is 36.9 Å². The second-order valence-corrected chi connectivity index (χ2v) is 8.32. The molecule has 0 aliphatic rings. The number of carboxylic acids is 2. The molecule has 1 heterocycles. The number of thioether (sulfide) groups is 1. The van der Waals surface area contributed by atoms with Crippen LogP contribution >= 0.6 is 24.4 Å². The van der Waals surface area contributed by atoms with Gasteiger partial charge in [-0.05, 0) is 18.4 Å². The zero-order valence-corrected chi connectivity index (χ0v) is 19.5. The highest BCUT2D eigenvalue weighted by Crippen LogP contribution is 2.05. The van der Waals surface area contributed by atoms with Crippen LogP contribution in [0.4, 0.5) is 0 Å². The smallest absolute Gasteiger partial charge is 0.326 e. The van der Waals surface area contributed by atoms with E-state index >= 15 is 0 Å². The third-order valence-corrected chi connectivity index (χ3v) is 5.39. The van der Waals surface area contributed by atoms with Crippen LogP contribution in [0.2, 0.25) is 0 Å². The first kappa shape index (κ1) is 28.3. The van der Waals surface area contributed by atoms with Gasteiger partial charge in [0.1, 0.15) is 18.1 Å². The second-order valence-electron chi connectivity index (χ2n) is 6.97. The van der Waals surface area contributed by atoms with Crippen LogP contribution in [-0.4, -0.2) is 91.8 Å². The number of nitrogens with zero attached hydrogens (tertiary/aromatic N) is 1. The fourth-order valence-corrected chi connectivity index (χ4v) is 3.35. The first-order chi connectivity index (χ1) is 15.6. The molecule has 0 aliphatic carbocycles. The molecule has 1 rings (SSSR count). The molecule has 0 spiro atoms. The lowest BCUT2D eigenvalue weighted by molar-refractivity contribution is -0.142. The standard InChI is InChI=1S/C18H28N6O7S2/c1-33-3-2-11(22-15(27)10(19)5-14(25)26)16(28)24-13(7-32)17(29)23-12(18(30)31)4-9-6-20-8-21-9/h6,8,10-13,32H,2-5,7,19H2,1H3,(H,20,21)(H,22,27)(H,23,29)(H,24,28)(H,25,26)(H,30,31). The number of thiol groups is 1. The van der Waals surface area contributed by atoms with E-state index in [0.29, 0.717) is 11.4 Å². The van der Waals surface area contributed by atoms with Gasteiger partial charge in [-0.25, -0.2) is 9.78 Å². The molecule has 0 saturated heterocycles. The molecule has 0 saturated carbocycles. The minimum absolute atomic E-state index is 0.0534. The van der Waals surface area contributed by atoms with E-state index in [-0.39, 0.29) is 18.6 Å². The van der Waals surface area contributed by atoms with Crippen LogP contribution in [0.3, 0.4) is 0 Å². The summed E-state index contributed by atoms with van der Waals surface area (Å²) in [5.41, 5.74) is 6.03. The van der Waals surface area contributed by atoms with Gasteiger partial charge in [0.25, 0.3) is 0 Å². The van der Waals surface area contributed by atoms with E-state index < -0.39 is 60.2 Å². The number of hydrogen-bond acceptors (Lipinski definition) is 9. The fourth-order valence-electron chi connectivity index (χ4n) is 2.62. The summed E-state index contributed by atoms with van der Waals surface area (Å²) in [6.07, 6.45) is 4.12. The number of hydrogen-bond donors (Lipinski definition) is 8. The summed E-state index contributed by atoms with van der Waals surface area (Å²) < 4.78 is 0. The number of aromatic nitrogens is 2. The summed E-state index contributed by atoms with van der Waals surface area (Å²) in [4.78, 5) is 66.3. The summed E-state index contributed by atoms with van der Waals surface area (Å²) in [7, 11) is 0. The number of H-pyrrole nitrogens is 1. The quantitative estimate of drug-likeness (QED) is 0.123. The zero-order chi connectivity index (χ0) is 25.0. The molecule has 0 radical (unpaired) electrons. The molecule has 0 bridgehead atoms. The normalized spacial score (nSPS) is 14.4. The van der Waals surface area contributed by atoms with Crippen molar-refractivity contribution in [3.8, 4) is 0 Å². The van der Waals surface area contributed by atoms with Gasteiger partial charge in [-0.1, -0.05) is 0 Å². The number of nitrogens with one attached hydrogen (secondary N) is 4. The number of carboxylic acid groups (broad SMARTS) is 2. The highest BCUT2D eigenvalue weighted by atomic mass is 32.2. The summed E-state index contributed by atoms with van der Waals surface area (Å²) in [6.45, 7) is 0. The van der Waals surface area contributed by atoms with E-state index in [9.17, 15) is 29.1 Å². The molecule has 33 heavy (non-hydrogen) atoms. The minimum atomic E-state index is -1.35. The summed E-state index contributed by atoms with van der Waals surface area (Å²) >= 11 is 5.47. The molecular formula is C18H28N6O7S2. The van der Waals surface area contributed by atoms with E-state index in [1.54, 1.807) is 6.26 Å². The third-order valence-electron chi connectivity index (χ3n) is 4.38. The van der Waals surface area contributed by atoms with Crippen molar-refractivity contribution in [1.29, 1.82) is 0 Å². The molecule has 184 valence electrons. The molecule has 8 N–H and O–H groups in total. The van der Waals surface area contributed by atoms with Crippen LogP contribution in [0.1, 0.15) is 18.5 Å². The van der Waals surface area contributed by atoms with Crippen molar-refractivity contribution < 1.29 is 34.2 Å². The van der Waals surface area contributed by atoms with Gasteiger partial charge in [0.2, 0.25) is 17.7 Å². The van der Waals surface area contributed by atoms with Gasteiger partial charge in [-0.15, -0.1) is 0 Å². The van der Waals surface area contributed by atoms with E-state index in [4.69, 9.17) is 10.8 Å². The minimum Gasteiger partial charge on any atom is -0.481 e. The number of nitrogens with two attached hydrogens (primary N) is 1. The first-order valence-electron chi connectivity index (χ1n) is 9.77. The lowest BCUT2D eigenvalue weighted by Gasteiger charge is -2.24. The Hall–Kier alpha value is -2.78. The number of aromatic amines is 1. The van der Waals surface area contributed by atoms with Gasteiger partial charge >= 0.3 is 11.9 Å². The van der Waals surface area contributed by atoms with E-state index in [1.807, 2.05) is 0 Å². The maximum atomic E-state index is 12.7. The Morgan fingerprint density at radius 3 is 2.21 bits per heavy atom. The average molecular weight is 505 g/mol. The molecule has 1 aromatic heterocycles. The maximum absolute atomic E-state index is 12.7. The van der Waals surface area contributed by atoms with Crippen molar-refractivity contribution in [1.82, 2.24) is 25.9 Å². The van der Waals surface area contributed by atoms with Crippen molar-refractivity contribution in [3.63, 3.8) is 0 Å². The van der Waals surface area contributed by atoms with Crippen LogP contribution in [-0.2, 0) is 30.4 Å². The van der Waals surface area contributed by atoms with Crippen LogP contribution in [0.15, 0.2) is 12.5 Å². The Morgan fingerprint density at radius 2 is 1.70 bits per heavy atom. The monoisotopic (exact) mass is 504 g/mol. The lowest BCUT2D eigenvalue weighted by Crippen LogP contribution is -2.58. The number of carbonyl (C=O) groups excluding carboxylic acids is 3. The van der Waals surface area contributed by atoms with Crippen molar-refractivity contribution in [3.05, 3.63) is 18.2 Å². The molecular weight excluding hydrogens is 476 g/mol. The first-order valence-corrected chi connectivity index (χ1v) is 11.8. The van der Waals surface area contributed by atoms with E-state index in [0.717, 1.165) is 0 Å². The molecule has 15 heteroatoms. The van der Waals surface area contributed by atoms with Crippen molar-refractivity contribution in [2.45, 2.75) is 43.4 Å². The molecule has 0 aromatic carbocycles. The predicted molar refractivity (Wildman–Crippen MR) is 123 cm³/mol. The average Bonchev–Trinajstić information content (AvgIpc) is 3.26. The molecule has 0 aliphatic heterocycles. The predicted octanol–water partition coefficient (Wildman–Crippen LogP) is -2.02. The SMILES string of the molecule is CSCCC(NC(=O)C(N)CC(=O)O)C(=O)NC(CS)C(=O)NC(Cc1cnc[nH]1)C(=O)O. The molecule has 0 fully saturated rings. The van der Waals surface area contributed by atoms with Crippen molar-refractivity contribution >= 4 is 54.1 Å². The van der Waals surface area contributed by atoms with Gasteiger partial charge in [0.15, 0.2) is 0 Å². The Bertz CT molecular complexity index is 823. The molecule has 4 atom stereocenters. The van der Waals surface area contributed by atoms with Crippen LogP contribution in [0.25, 0.3) is 0 Å². The lowest BCUT2D eigenvalue weighted by atomic mass is 10.1. The number of carbonyl (C=O) groups is 5. The van der Waals surface area contributed by atoms with Crippen LogP contribution < -0.4 is 21.7 Å². The second kappa shape index (κ2) is 14.4. The largest absolute Gasteiger partial charge is 0.481 e. The van der Waals surface area contributed by atoms with Crippen molar-refractivity contribution in [2.24, 2.45) is 5.73 Å². The number of aliphatic carboxylic acids is 2. The maximum Gasteiger partial charge on any atom is 0.326 e. The van der Waals surface area contributed by atoms with Crippen molar-refractivity contribution in [2.75, 3.05) is 17.8 Å². The van der Waals surface area contributed by atoms with Crippen LogP contribution in [0, 0.1) is 0 Å². The highest BCUT2D eigenvalue weighted by Gasteiger charge is 2.30. The molecule has 4 unspecified atom stereocenters. The summed E-state index contributed by atoms with van der Waals surface area (Å²) in [5, 5.41) is 25.4. The topological polar surface area (TPSA) is 217 Å². The summed E-state index contributed by atoms with van der Waals surface area (Å²) in [6, 6.07) is -4.90. The van der Waals surface area contributed by atoms with Gasteiger partial charge in [0, 0.05) is 24.1 Å². The fraction of sp³-hybridized carbons (Fsp3) is 0.556. The van der Waals surface area contributed by atoms with Gasteiger partial charge in [0.05, 0.1) is 18.8 Å². The van der Waals surface area contributed by atoms with Crippen LogP contribution in [0.5, 0.6) is 0 Å². The Balaban J connectivity index is 2.82. The number of rotatable bonds is 15. The summed E-state index contributed by atoms with van der Waals surface area (Å²) in [5.74, 6) is -4.52. The number of imidazole rings is 1. The third kappa shape index (κ3) is 10.1. The Kier molecular flexibility index (Phi) is 12.3.